The molecule has 0 radical (unpaired) electrons. The maximum absolute atomic E-state index is 12.9. The lowest BCUT2D eigenvalue weighted by Gasteiger charge is -2.37. The van der Waals surface area contributed by atoms with Gasteiger partial charge in [0.05, 0.1) is 6.04 Å². The third-order valence-electron chi connectivity index (χ3n) is 4.59. The fourth-order valence-corrected chi connectivity index (χ4v) is 2.98. The average Bonchev–Trinajstić information content (AvgIpc) is 2.67. The number of halogens is 1. The summed E-state index contributed by atoms with van der Waals surface area (Å²) in [6, 6.07) is 11.9. The Bertz CT molecular complexity index is 684. The average molecular weight is 342 g/mol. The molecule has 3 rings (SSSR count). The molecule has 1 N–H and O–H groups in total. The Labute approximate surface area is 147 Å². The molecular weight excluding hydrogens is 319 g/mol. The summed E-state index contributed by atoms with van der Waals surface area (Å²) in [5.41, 5.74) is 0.891. The van der Waals surface area contributed by atoms with Crippen LogP contribution in [0, 0.1) is 5.82 Å². The summed E-state index contributed by atoms with van der Waals surface area (Å²) < 4.78 is 12.9. The van der Waals surface area contributed by atoms with Crippen LogP contribution in [-0.4, -0.2) is 48.0 Å². The largest absolute Gasteiger partial charge is 0.354 e. The number of nitrogens with one attached hydrogen (secondary N) is 1. The third-order valence-corrected chi connectivity index (χ3v) is 4.59. The summed E-state index contributed by atoms with van der Waals surface area (Å²) >= 11 is 0. The predicted molar refractivity (Wildman–Crippen MR) is 95.7 cm³/mol. The van der Waals surface area contributed by atoms with Crippen molar-refractivity contribution in [1.29, 1.82) is 0 Å². The van der Waals surface area contributed by atoms with Crippen molar-refractivity contribution in [2.24, 2.45) is 0 Å². The molecule has 1 aliphatic heterocycles. The number of amides is 1. The van der Waals surface area contributed by atoms with Gasteiger partial charge in [0.1, 0.15) is 11.6 Å². The van der Waals surface area contributed by atoms with Crippen molar-refractivity contribution in [3.63, 3.8) is 0 Å². The van der Waals surface area contributed by atoms with Crippen LogP contribution < -0.4 is 10.2 Å². The van der Waals surface area contributed by atoms with Crippen LogP contribution in [0.15, 0.2) is 48.7 Å². The number of rotatable bonds is 5. The van der Waals surface area contributed by atoms with Gasteiger partial charge >= 0.3 is 0 Å². The van der Waals surface area contributed by atoms with Gasteiger partial charge in [0.2, 0.25) is 5.91 Å². The van der Waals surface area contributed by atoms with Gasteiger partial charge in [0.15, 0.2) is 0 Å². The van der Waals surface area contributed by atoms with Crippen molar-refractivity contribution in [2.75, 3.05) is 31.1 Å². The molecule has 1 atom stereocenters. The highest BCUT2D eigenvalue weighted by Gasteiger charge is 2.25. The number of piperazine rings is 1. The lowest BCUT2D eigenvalue weighted by Crippen LogP contribution is -2.54. The van der Waals surface area contributed by atoms with E-state index in [4.69, 9.17) is 0 Å². The van der Waals surface area contributed by atoms with E-state index in [0.717, 1.165) is 37.6 Å². The molecule has 1 aromatic heterocycles. The van der Waals surface area contributed by atoms with Gasteiger partial charge in [-0.2, -0.15) is 0 Å². The molecule has 0 spiro atoms. The molecule has 0 bridgehead atoms. The summed E-state index contributed by atoms with van der Waals surface area (Å²) in [7, 11) is 0. The van der Waals surface area contributed by atoms with Crippen LogP contribution >= 0.6 is 0 Å². The number of carbonyl (C=O) groups is 1. The van der Waals surface area contributed by atoms with E-state index in [1.165, 1.54) is 12.1 Å². The van der Waals surface area contributed by atoms with Crippen LogP contribution in [0.1, 0.15) is 12.5 Å². The maximum Gasteiger partial charge on any atom is 0.237 e. The third kappa shape index (κ3) is 4.54. The van der Waals surface area contributed by atoms with Crippen molar-refractivity contribution < 1.29 is 9.18 Å². The van der Waals surface area contributed by atoms with Crippen LogP contribution in [0.5, 0.6) is 0 Å². The molecule has 2 aromatic rings. The Morgan fingerprint density at radius 3 is 2.52 bits per heavy atom. The minimum absolute atomic E-state index is 0.00406. The molecule has 0 aliphatic carbocycles. The number of carbonyl (C=O) groups excluding carboxylic acids is 1. The minimum Gasteiger partial charge on any atom is -0.354 e. The first-order chi connectivity index (χ1) is 12.1. The van der Waals surface area contributed by atoms with Gasteiger partial charge in [-0.25, -0.2) is 9.37 Å². The van der Waals surface area contributed by atoms with Crippen molar-refractivity contribution in [2.45, 2.75) is 19.5 Å². The van der Waals surface area contributed by atoms with E-state index in [2.05, 4.69) is 20.1 Å². The number of pyridine rings is 1. The Morgan fingerprint density at radius 2 is 1.88 bits per heavy atom. The minimum atomic E-state index is -0.269. The fourth-order valence-electron chi connectivity index (χ4n) is 2.98. The Hall–Kier alpha value is -2.47. The van der Waals surface area contributed by atoms with Gasteiger partial charge in [-0.3, -0.25) is 9.69 Å². The molecule has 2 heterocycles. The van der Waals surface area contributed by atoms with Crippen LogP contribution in [0.4, 0.5) is 10.2 Å². The highest BCUT2D eigenvalue weighted by molar-refractivity contribution is 5.81. The van der Waals surface area contributed by atoms with Crippen LogP contribution in [0.25, 0.3) is 0 Å². The first kappa shape index (κ1) is 17.4. The Balaban J connectivity index is 1.47. The second-order valence-corrected chi connectivity index (χ2v) is 6.23. The summed E-state index contributed by atoms with van der Waals surface area (Å²) in [6.07, 6.45) is 1.80. The highest BCUT2D eigenvalue weighted by atomic mass is 19.1. The Kier molecular flexibility index (Phi) is 5.60. The van der Waals surface area contributed by atoms with Gasteiger partial charge in [-0.15, -0.1) is 0 Å². The molecule has 6 heteroatoms. The smallest absolute Gasteiger partial charge is 0.237 e. The molecule has 1 aliphatic rings. The van der Waals surface area contributed by atoms with E-state index in [1.807, 2.05) is 25.1 Å². The fraction of sp³-hybridized carbons (Fsp3) is 0.368. The topological polar surface area (TPSA) is 48.5 Å². The van der Waals surface area contributed by atoms with Crippen molar-refractivity contribution >= 4 is 11.7 Å². The van der Waals surface area contributed by atoms with Crippen LogP contribution in [-0.2, 0) is 11.3 Å². The molecule has 0 saturated carbocycles. The standard InChI is InChI=1S/C19H23FN4O/c1-15(19(25)22-14-16-5-7-17(20)8-6-16)23-10-12-24(13-11-23)18-4-2-3-9-21-18/h2-9,15H,10-14H2,1H3,(H,22,25)/t15-/m1/s1. The summed E-state index contributed by atoms with van der Waals surface area (Å²) in [4.78, 5) is 21.2. The molecule has 1 aromatic carbocycles. The molecule has 1 fully saturated rings. The van der Waals surface area contributed by atoms with Gasteiger partial charge in [-0.1, -0.05) is 18.2 Å². The summed E-state index contributed by atoms with van der Waals surface area (Å²) in [5.74, 6) is 0.709. The van der Waals surface area contributed by atoms with Crippen molar-refractivity contribution in [1.82, 2.24) is 15.2 Å². The van der Waals surface area contributed by atoms with Gasteiger partial charge in [0.25, 0.3) is 0 Å². The van der Waals surface area contributed by atoms with E-state index in [1.54, 1.807) is 18.3 Å². The first-order valence-corrected chi connectivity index (χ1v) is 8.55. The second-order valence-electron chi connectivity index (χ2n) is 6.23. The van der Waals surface area contributed by atoms with Gasteiger partial charge in [-0.05, 0) is 36.8 Å². The number of nitrogens with zero attached hydrogens (tertiary/aromatic N) is 3. The second kappa shape index (κ2) is 8.07. The van der Waals surface area contributed by atoms with Gasteiger partial charge in [0, 0.05) is 38.9 Å². The number of hydrogen-bond acceptors (Lipinski definition) is 4. The van der Waals surface area contributed by atoms with Crippen LogP contribution in [0.3, 0.4) is 0 Å². The SMILES string of the molecule is C[C@H](C(=O)NCc1ccc(F)cc1)N1CCN(c2ccccn2)CC1. The van der Waals surface area contributed by atoms with Crippen molar-refractivity contribution in [3.05, 3.63) is 60.0 Å². The maximum atomic E-state index is 12.9. The first-order valence-electron chi connectivity index (χ1n) is 8.55. The monoisotopic (exact) mass is 342 g/mol. The summed E-state index contributed by atoms with van der Waals surface area (Å²) in [6.45, 7) is 5.69. The molecule has 1 saturated heterocycles. The van der Waals surface area contributed by atoms with E-state index in [-0.39, 0.29) is 17.8 Å². The molecule has 0 unspecified atom stereocenters. The lowest BCUT2D eigenvalue weighted by atomic mass is 10.2. The zero-order valence-corrected chi connectivity index (χ0v) is 14.4. The normalized spacial score (nSPS) is 16.5. The van der Waals surface area contributed by atoms with E-state index >= 15 is 0 Å². The van der Waals surface area contributed by atoms with E-state index in [0.29, 0.717) is 6.54 Å². The zero-order chi connectivity index (χ0) is 17.6. The Morgan fingerprint density at radius 1 is 1.16 bits per heavy atom. The molecule has 5 nitrogen and oxygen atoms in total. The quantitative estimate of drug-likeness (QED) is 0.903. The van der Waals surface area contributed by atoms with Crippen molar-refractivity contribution in [3.8, 4) is 0 Å². The number of hydrogen-bond donors (Lipinski definition) is 1. The van der Waals surface area contributed by atoms with Gasteiger partial charge < -0.3 is 10.2 Å². The number of aromatic nitrogens is 1. The van der Waals surface area contributed by atoms with Crippen LogP contribution in [0.2, 0.25) is 0 Å². The lowest BCUT2D eigenvalue weighted by molar-refractivity contribution is -0.126. The molecule has 25 heavy (non-hydrogen) atoms. The van der Waals surface area contributed by atoms with E-state index < -0.39 is 0 Å². The molecule has 1 amide bonds. The predicted octanol–water partition coefficient (Wildman–Crippen LogP) is 2.05. The number of benzene rings is 1. The highest BCUT2D eigenvalue weighted by Crippen LogP contribution is 2.14. The zero-order valence-electron chi connectivity index (χ0n) is 14.4. The molecule has 132 valence electrons. The van der Waals surface area contributed by atoms with E-state index in [9.17, 15) is 9.18 Å². The molecular formula is C19H23FN4O. The number of anilines is 1. The summed E-state index contributed by atoms with van der Waals surface area (Å²) in [5, 5.41) is 2.93.